The van der Waals surface area contributed by atoms with Crippen LogP contribution in [0.2, 0.25) is 0 Å². The lowest BCUT2D eigenvalue weighted by Gasteiger charge is -2.37. The Morgan fingerprint density at radius 3 is 2.29 bits per heavy atom. The molecule has 1 aromatic rings. The van der Waals surface area contributed by atoms with Gasteiger partial charge in [0.15, 0.2) is 0 Å². The van der Waals surface area contributed by atoms with Crippen molar-refractivity contribution in [1.82, 2.24) is 9.80 Å². The molecule has 3 unspecified atom stereocenters. The highest BCUT2D eigenvalue weighted by molar-refractivity contribution is 5.97. The van der Waals surface area contributed by atoms with Gasteiger partial charge in [-0.1, -0.05) is 24.6 Å². The van der Waals surface area contributed by atoms with Gasteiger partial charge in [-0.15, -0.1) is 0 Å². The van der Waals surface area contributed by atoms with Crippen LogP contribution in [0.4, 0.5) is 0 Å². The van der Waals surface area contributed by atoms with E-state index >= 15 is 0 Å². The van der Waals surface area contributed by atoms with Gasteiger partial charge in [-0.2, -0.15) is 0 Å². The first kappa shape index (κ1) is 15.7. The third-order valence-electron chi connectivity index (χ3n) is 6.11. The summed E-state index contributed by atoms with van der Waals surface area (Å²) in [5.41, 5.74) is 0.690. The van der Waals surface area contributed by atoms with Gasteiger partial charge in [-0.05, 0) is 56.1 Å². The summed E-state index contributed by atoms with van der Waals surface area (Å²) in [6, 6.07) is 9.12. The first-order valence-corrected chi connectivity index (χ1v) is 9.39. The normalized spacial score (nSPS) is 29.6. The van der Waals surface area contributed by atoms with Crippen LogP contribution in [-0.4, -0.2) is 47.3 Å². The number of fused-ring (bicyclic) bond motifs is 1. The molecule has 4 heteroatoms. The number of nitrogens with zero attached hydrogens (tertiary/aromatic N) is 2. The zero-order valence-corrected chi connectivity index (χ0v) is 14.2. The van der Waals surface area contributed by atoms with Crippen LogP contribution in [0.5, 0.6) is 0 Å². The predicted molar refractivity (Wildman–Crippen MR) is 92.5 cm³/mol. The van der Waals surface area contributed by atoms with Crippen molar-refractivity contribution >= 4 is 11.8 Å². The minimum atomic E-state index is -0.259. The lowest BCUT2D eigenvalue weighted by atomic mass is 9.99. The van der Waals surface area contributed by atoms with Gasteiger partial charge in [0, 0.05) is 25.2 Å². The van der Waals surface area contributed by atoms with Crippen molar-refractivity contribution in [3.8, 4) is 0 Å². The average molecular weight is 326 g/mol. The van der Waals surface area contributed by atoms with Crippen LogP contribution in [0, 0.1) is 11.8 Å². The maximum atomic E-state index is 13.1. The molecule has 1 aromatic carbocycles. The van der Waals surface area contributed by atoms with Crippen molar-refractivity contribution in [2.75, 3.05) is 19.6 Å². The summed E-state index contributed by atoms with van der Waals surface area (Å²) in [6.07, 6.45) is 6.70. The van der Waals surface area contributed by atoms with E-state index in [9.17, 15) is 9.59 Å². The maximum absolute atomic E-state index is 13.1. The Morgan fingerprint density at radius 2 is 1.58 bits per heavy atom. The van der Waals surface area contributed by atoms with Gasteiger partial charge in [0.05, 0.1) is 0 Å². The summed E-state index contributed by atoms with van der Waals surface area (Å²) >= 11 is 0. The largest absolute Gasteiger partial charge is 0.340 e. The summed E-state index contributed by atoms with van der Waals surface area (Å²) in [4.78, 5) is 29.9. The third-order valence-corrected chi connectivity index (χ3v) is 6.11. The van der Waals surface area contributed by atoms with E-state index in [1.54, 1.807) is 0 Å². The van der Waals surface area contributed by atoms with Crippen LogP contribution in [0.25, 0.3) is 0 Å². The molecule has 4 nitrogen and oxygen atoms in total. The molecule has 2 heterocycles. The molecule has 1 saturated carbocycles. The molecule has 3 aliphatic rings. The number of benzene rings is 1. The van der Waals surface area contributed by atoms with Crippen LogP contribution in [-0.2, 0) is 4.79 Å². The maximum Gasteiger partial charge on any atom is 0.254 e. The first-order valence-electron chi connectivity index (χ1n) is 9.39. The van der Waals surface area contributed by atoms with E-state index in [-0.39, 0.29) is 17.9 Å². The van der Waals surface area contributed by atoms with E-state index in [1.165, 1.54) is 19.3 Å². The van der Waals surface area contributed by atoms with Gasteiger partial charge in [0.25, 0.3) is 5.91 Å². The molecule has 0 radical (unpaired) electrons. The second-order valence-electron chi connectivity index (χ2n) is 7.57. The van der Waals surface area contributed by atoms with E-state index in [1.807, 2.05) is 35.2 Å². The smallest absolute Gasteiger partial charge is 0.254 e. The van der Waals surface area contributed by atoms with Crippen LogP contribution in [0.3, 0.4) is 0 Å². The zero-order chi connectivity index (χ0) is 16.5. The van der Waals surface area contributed by atoms with Crippen molar-refractivity contribution in [2.24, 2.45) is 11.8 Å². The zero-order valence-electron chi connectivity index (χ0n) is 14.2. The minimum Gasteiger partial charge on any atom is -0.340 e. The Hall–Kier alpha value is -1.84. The lowest BCUT2D eigenvalue weighted by molar-refractivity contribution is -0.136. The van der Waals surface area contributed by atoms with Crippen LogP contribution >= 0.6 is 0 Å². The van der Waals surface area contributed by atoms with Gasteiger partial charge < -0.3 is 9.80 Å². The summed E-state index contributed by atoms with van der Waals surface area (Å²) in [5.74, 6) is 1.60. The summed E-state index contributed by atoms with van der Waals surface area (Å²) in [6.45, 7) is 2.52. The quantitative estimate of drug-likeness (QED) is 0.838. The molecule has 0 spiro atoms. The fourth-order valence-corrected chi connectivity index (χ4v) is 4.80. The fourth-order valence-electron chi connectivity index (χ4n) is 4.80. The van der Waals surface area contributed by atoms with Gasteiger partial charge in [0.2, 0.25) is 5.91 Å². The molecule has 0 bridgehead atoms. The number of carbonyl (C=O) groups is 2. The Bertz CT molecular complexity index is 603. The number of carbonyl (C=O) groups excluding carboxylic acids is 2. The topological polar surface area (TPSA) is 40.6 Å². The highest BCUT2D eigenvalue weighted by atomic mass is 16.2. The van der Waals surface area contributed by atoms with Gasteiger partial charge in [0.1, 0.15) is 6.04 Å². The van der Waals surface area contributed by atoms with Crippen LogP contribution in [0.15, 0.2) is 30.3 Å². The molecule has 4 rings (SSSR count). The molecular formula is C20H26N2O2. The average Bonchev–Trinajstić information content (AvgIpc) is 3.23. The van der Waals surface area contributed by atoms with E-state index in [2.05, 4.69) is 4.90 Å². The van der Waals surface area contributed by atoms with Crippen LogP contribution < -0.4 is 0 Å². The van der Waals surface area contributed by atoms with Crippen molar-refractivity contribution < 1.29 is 9.59 Å². The Kier molecular flexibility index (Phi) is 4.30. The monoisotopic (exact) mass is 326 g/mol. The number of hydrogen-bond donors (Lipinski definition) is 0. The molecular weight excluding hydrogens is 300 g/mol. The number of rotatable bonds is 2. The van der Waals surface area contributed by atoms with Crippen LogP contribution in [0.1, 0.15) is 48.9 Å². The molecule has 2 saturated heterocycles. The molecule has 3 atom stereocenters. The second kappa shape index (κ2) is 6.58. The SMILES string of the molecule is O=C(C1CCCCN1C(=O)c1ccccc1)N1CC2CCCC2C1. The standard InChI is InChI=1S/C20H26N2O2/c23-19(15-7-2-1-3-8-15)22-12-5-4-11-18(22)20(24)21-13-16-9-6-10-17(16)14-21/h1-3,7-8,16-18H,4-6,9-14H2. The Labute approximate surface area is 143 Å². The number of likely N-dealkylation sites (tertiary alicyclic amines) is 2. The molecule has 128 valence electrons. The van der Waals surface area contributed by atoms with E-state index in [0.29, 0.717) is 23.9 Å². The molecule has 24 heavy (non-hydrogen) atoms. The fraction of sp³-hybridized carbons (Fsp3) is 0.600. The summed E-state index contributed by atoms with van der Waals surface area (Å²) in [7, 11) is 0. The van der Waals surface area contributed by atoms with Gasteiger partial charge >= 0.3 is 0 Å². The second-order valence-corrected chi connectivity index (χ2v) is 7.57. The minimum absolute atomic E-state index is 0.00745. The Balaban J connectivity index is 1.50. The molecule has 1 aliphatic carbocycles. The van der Waals surface area contributed by atoms with E-state index < -0.39 is 0 Å². The third kappa shape index (κ3) is 2.83. The highest BCUT2D eigenvalue weighted by Crippen LogP contribution is 2.38. The number of hydrogen-bond acceptors (Lipinski definition) is 2. The van der Waals surface area contributed by atoms with E-state index in [0.717, 1.165) is 32.4 Å². The highest BCUT2D eigenvalue weighted by Gasteiger charge is 2.42. The predicted octanol–water partition coefficient (Wildman–Crippen LogP) is 2.94. The molecule has 2 aliphatic heterocycles. The first-order chi connectivity index (χ1) is 11.7. The molecule has 2 amide bonds. The van der Waals surface area contributed by atoms with Crippen molar-refractivity contribution in [3.63, 3.8) is 0 Å². The van der Waals surface area contributed by atoms with E-state index in [4.69, 9.17) is 0 Å². The summed E-state index contributed by atoms with van der Waals surface area (Å²) in [5, 5.41) is 0. The summed E-state index contributed by atoms with van der Waals surface area (Å²) < 4.78 is 0. The Morgan fingerprint density at radius 1 is 0.875 bits per heavy atom. The number of piperidine rings is 1. The van der Waals surface area contributed by atoms with Crippen molar-refractivity contribution in [2.45, 2.75) is 44.6 Å². The lowest BCUT2D eigenvalue weighted by Crippen LogP contribution is -2.52. The number of amides is 2. The van der Waals surface area contributed by atoms with Gasteiger partial charge in [-0.25, -0.2) is 0 Å². The molecule has 0 aromatic heterocycles. The molecule has 3 fully saturated rings. The van der Waals surface area contributed by atoms with Crippen molar-refractivity contribution in [1.29, 1.82) is 0 Å². The molecule has 0 N–H and O–H groups in total. The van der Waals surface area contributed by atoms with Gasteiger partial charge in [-0.3, -0.25) is 9.59 Å². The van der Waals surface area contributed by atoms with Crippen molar-refractivity contribution in [3.05, 3.63) is 35.9 Å².